The smallest absolute Gasteiger partial charge is 0.413 e. The molecule has 3 rings (SSSR count). The van der Waals surface area contributed by atoms with Gasteiger partial charge in [0, 0.05) is 6.42 Å². The Morgan fingerprint density at radius 1 is 0.875 bits per heavy atom. The van der Waals surface area contributed by atoms with Crippen molar-refractivity contribution >= 4 is 11.6 Å². The van der Waals surface area contributed by atoms with E-state index in [9.17, 15) is 17.6 Å². The first kappa shape index (κ1) is 24.1. The van der Waals surface area contributed by atoms with Gasteiger partial charge in [0.05, 0.1) is 19.8 Å². The van der Waals surface area contributed by atoms with Crippen LogP contribution in [0.1, 0.15) is 29.2 Å². The van der Waals surface area contributed by atoms with Crippen LogP contribution in [0, 0.1) is 5.82 Å². The predicted octanol–water partition coefficient (Wildman–Crippen LogP) is 7.03. The van der Waals surface area contributed by atoms with Crippen LogP contribution in [0.2, 0.25) is 0 Å². The first-order valence-corrected chi connectivity index (χ1v) is 10.5. The average molecular weight is 467 g/mol. The number of rotatable bonds is 9. The van der Waals surface area contributed by atoms with Gasteiger partial charge in [-0.3, -0.25) is 0 Å². The Morgan fingerprint density at radius 3 is 2.19 bits per heavy atom. The standard InChI is InChI=1S/C25H23ClF4O2/c1-2-32-22-11-9-21(10-12-22)24(26,25(28,29)30)17-31-16-19-8-13-23(27)20(15-19)14-18-6-4-3-5-7-18/h3-13,15H,2,14,16-17H2,1H3. The van der Waals surface area contributed by atoms with Crippen LogP contribution in [0.3, 0.4) is 0 Å². The van der Waals surface area contributed by atoms with Crippen molar-refractivity contribution < 1.29 is 27.0 Å². The molecule has 0 saturated heterocycles. The first-order chi connectivity index (χ1) is 15.2. The Bertz CT molecular complexity index is 1010. The molecule has 0 fully saturated rings. The van der Waals surface area contributed by atoms with Gasteiger partial charge in [0.2, 0.25) is 0 Å². The van der Waals surface area contributed by atoms with E-state index in [0.29, 0.717) is 29.9 Å². The van der Waals surface area contributed by atoms with Crippen molar-refractivity contribution in [1.82, 2.24) is 0 Å². The predicted molar refractivity (Wildman–Crippen MR) is 117 cm³/mol. The third-order valence-corrected chi connectivity index (χ3v) is 5.53. The molecule has 0 aliphatic carbocycles. The van der Waals surface area contributed by atoms with Gasteiger partial charge in [0.1, 0.15) is 11.6 Å². The highest BCUT2D eigenvalue weighted by atomic mass is 35.5. The lowest BCUT2D eigenvalue weighted by Crippen LogP contribution is -2.41. The molecule has 0 saturated carbocycles. The zero-order valence-corrected chi connectivity index (χ0v) is 18.2. The van der Waals surface area contributed by atoms with E-state index in [2.05, 4.69) is 0 Å². The molecule has 170 valence electrons. The van der Waals surface area contributed by atoms with Gasteiger partial charge in [-0.1, -0.05) is 54.6 Å². The Balaban J connectivity index is 1.71. The van der Waals surface area contributed by atoms with E-state index in [-0.39, 0.29) is 18.0 Å². The molecule has 0 N–H and O–H groups in total. The summed E-state index contributed by atoms with van der Waals surface area (Å²) in [6.45, 7) is 1.25. The fraction of sp³-hybridized carbons (Fsp3) is 0.280. The Labute approximate surface area is 189 Å². The summed E-state index contributed by atoms with van der Waals surface area (Å²) in [6, 6.07) is 19.2. The van der Waals surface area contributed by atoms with Gasteiger partial charge in [-0.15, -0.1) is 11.6 Å². The molecule has 0 aromatic heterocycles. The van der Waals surface area contributed by atoms with E-state index < -0.39 is 17.7 Å². The van der Waals surface area contributed by atoms with E-state index in [1.807, 2.05) is 30.3 Å². The lowest BCUT2D eigenvalue weighted by atomic mass is 9.98. The number of hydrogen-bond donors (Lipinski definition) is 0. The zero-order chi connectivity index (χ0) is 23.2. The topological polar surface area (TPSA) is 18.5 Å². The second-order valence-electron chi connectivity index (χ2n) is 7.34. The van der Waals surface area contributed by atoms with Crippen LogP contribution in [-0.2, 0) is 22.6 Å². The quantitative estimate of drug-likeness (QED) is 0.249. The van der Waals surface area contributed by atoms with Crippen molar-refractivity contribution in [3.8, 4) is 5.75 Å². The fourth-order valence-electron chi connectivity index (χ4n) is 3.29. The molecule has 0 aliphatic heterocycles. The van der Waals surface area contributed by atoms with E-state index in [4.69, 9.17) is 21.1 Å². The van der Waals surface area contributed by atoms with Crippen LogP contribution in [-0.4, -0.2) is 19.4 Å². The number of halogens is 5. The Kier molecular flexibility index (Phi) is 7.80. The van der Waals surface area contributed by atoms with Crippen molar-refractivity contribution in [3.05, 3.63) is 101 Å². The number of alkyl halides is 4. The van der Waals surface area contributed by atoms with Crippen LogP contribution >= 0.6 is 11.6 Å². The molecule has 7 heteroatoms. The minimum absolute atomic E-state index is 0.135. The molecular formula is C25H23ClF4O2. The maximum atomic E-state index is 14.2. The SMILES string of the molecule is CCOc1ccc(C(Cl)(COCc2ccc(F)c(Cc3ccccc3)c2)C(F)(F)F)cc1. The summed E-state index contributed by atoms with van der Waals surface area (Å²) in [4.78, 5) is -2.72. The maximum absolute atomic E-state index is 14.2. The zero-order valence-electron chi connectivity index (χ0n) is 17.5. The summed E-state index contributed by atoms with van der Waals surface area (Å²) in [5.41, 5.74) is 1.79. The number of hydrogen-bond acceptors (Lipinski definition) is 2. The third-order valence-electron chi connectivity index (χ3n) is 4.99. The van der Waals surface area contributed by atoms with Gasteiger partial charge in [0.25, 0.3) is 0 Å². The molecule has 2 nitrogen and oxygen atoms in total. The largest absolute Gasteiger partial charge is 0.494 e. The molecule has 3 aromatic carbocycles. The third kappa shape index (κ3) is 5.81. The molecule has 0 heterocycles. The molecular weight excluding hydrogens is 444 g/mol. The molecule has 0 aliphatic rings. The summed E-state index contributed by atoms with van der Waals surface area (Å²) in [5.74, 6) is 0.0737. The monoisotopic (exact) mass is 466 g/mol. The normalized spacial score (nSPS) is 13.6. The van der Waals surface area contributed by atoms with Crippen molar-refractivity contribution in [2.24, 2.45) is 0 Å². The summed E-state index contributed by atoms with van der Waals surface area (Å²) in [5, 5.41) is 0. The summed E-state index contributed by atoms with van der Waals surface area (Å²) in [7, 11) is 0. The second kappa shape index (κ2) is 10.4. The van der Waals surface area contributed by atoms with Crippen molar-refractivity contribution in [1.29, 1.82) is 0 Å². The Hall–Kier alpha value is -2.57. The highest BCUT2D eigenvalue weighted by Crippen LogP contribution is 2.45. The Morgan fingerprint density at radius 2 is 1.56 bits per heavy atom. The van der Waals surface area contributed by atoms with Gasteiger partial charge in [-0.05, 0) is 47.4 Å². The summed E-state index contributed by atoms with van der Waals surface area (Å²) < 4.78 is 66.4. The second-order valence-corrected chi connectivity index (χ2v) is 7.98. The summed E-state index contributed by atoms with van der Waals surface area (Å²) in [6.07, 6.45) is -4.38. The highest BCUT2D eigenvalue weighted by Gasteiger charge is 2.55. The highest BCUT2D eigenvalue weighted by molar-refractivity contribution is 6.24. The van der Waals surface area contributed by atoms with Crippen LogP contribution in [0.15, 0.2) is 72.8 Å². The first-order valence-electron chi connectivity index (χ1n) is 10.1. The molecule has 0 amide bonds. The van der Waals surface area contributed by atoms with Gasteiger partial charge in [0.15, 0.2) is 4.87 Å². The van der Waals surface area contributed by atoms with Crippen molar-refractivity contribution in [2.75, 3.05) is 13.2 Å². The van der Waals surface area contributed by atoms with E-state index in [1.54, 1.807) is 13.0 Å². The molecule has 1 atom stereocenters. The van der Waals surface area contributed by atoms with Crippen LogP contribution in [0.5, 0.6) is 5.75 Å². The van der Waals surface area contributed by atoms with Gasteiger partial charge >= 0.3 is 6.18 Å². The molecule has 0 radical (unpaired) electrons. The van der Waals surface area contributed by atoms with Crippen molar-refractivity contribution in [2.45, 2.75) is 31.0 Å². The van der Waals surface area contributed by atoms with Gasteiger partial charge < -0.3 is 9.47 Å². The van der Waals surface area contributed by atoms with Gasteiger partial charge in [-0.25, -0.2) is 4.39 Å². The molecule has 0 spiro atoms. The van der Waals surface area contributed by atoms with E-state index in [0.717, 1.165) is 5.56 Å². The minimum Gasteiger partial charge on any atom is -0.494 e. The van der Waals surface area contributed by atoms with Gasteiger partial charge in [-0.2, -0.15) is 13.2 Å². The van der Waals surface area contributed by atoms with Crippen molar-refractivity contribution in [3.63, 3.8) is 0 Å². The lowest BCUT2D eigenvalue weighted by Gasteiger charge is -2.30. The maximum Gasteiger partial charge on any atom is 0.413 e. The lowest BCUT2D eigenvalue weighted by molar-refractivity contribution is -0.179. The van der Waals surface area contributed by atoms with Crippen LogP contribution in [0.4, 0.5) is 17.6 Å². The van der Waals surface area contributed by atoms with Crippen LogP contribution < -0.4 is 4.74 Å². The molecule has 32 heavy (non-hydrogen) atoms. The molecule has 1 unspecified atom stereocenters. The van der Waals surface area contributed by atoms with E-state index >= 15 is 0 Å². The number of ether oxygens (including phenoxy) is 2. The fourth-order valence-corrected chi connectivity index (χ4v) is 3.49. The average Bonchev–Trinajstić information content (AvgIpc) is 2.76. The van der Waals surface area contributed by atoms with E-state index in [1.165, 1.54) is 36.4 Å². The molecule has 0 bridgehead atoms. The number of benzene rings is 3. The van der Waals surface area contributed by atoms with Crippen LogP contribution in [0.25, 0.3) is 0 Å². The summed E-state index contributed by atoms with van der Waals surface area (Å²) >= 11 is 6.05. The minimum atomic E-state index is -4.75. The molecule has 3 aromatic rings.